The molecule has 10 heteroatoms. The zero-order valence-electron chi connectivity index (χ0n) is 13.3. The topological polar surface area (TPSA) is 103 Å². The number of hydrogen-bond acceptors (Lipinski definition) is 5. The molecule has 2 aromatic rings. The highest BCUT2D eigenvalue weighted by molar-refractivity contribution is 6.09. The number of aromatic nitrogens is 2. The second kappa shape index (κ2) is 7.60. The lowest BCUT2D eigenvalue weighted by molar-refractivity contribution is -0.0514. The number of carboxylic acid groups (broad SMARTS) is 1. The quantitative estimate of drug-likeness (QED) is 0.790. The van der Waals surface area contributed by atoms with Crippen molar-refractivity contribution in [2.45, 2.75) is 13.5 Å². The lowest BCUT2D eigenvalue weighted by Gasteiger charge is -2.13. The molecule has 134 valence electrons. The van der Waals surface area contributed by atoms with Gasteiger partial charge in [0.15, 0.2) is 17.2 Å². The van der Waals surface area contributed by atoms with Gasteiger partial charge in [-0.2, -0.15) is 13.9 Å². The number of carboxylic acids is 1. The highest BCUT2D eigenvalue weighted by Crippen LogP contribution is 2.32. The molecule has 0 atom stereocenters. The molecule has 2 N–H and O–H groups in total. The summed E-state index contributed by atoms with van der Waals surface area (Å²) in [6, 6.07) is 3.83. The van der Waals surface area contributed by atoms with Gasteiger partial charge in [0.25, 0.3) is 5.91 Å². The van der Waals surface area contributed by atoms with Gasteiger partial charge < -0.3 is 19.9 Å². The molecule has 0 aliphatic carbocycles. The predicted molar refractivity (Wildman–Crippen MR) is 82.4 cm³/mol. The molecule has 0 unspecified atom stereocenters. The first-order valence-corrected chi connectivity index (χ1v) is 7.11. The number of carbonyl (C=O) groups is 2. The van der Waals surface area contributed by atoms with Crippen LogP contribution in [0.25, 0.3) is 0 Å². The van der Waals surface area contributed by atoms with Crippen LogP contribution in [0.4, 0.5) is 14.5 Å². The van der Waals surface area contributed by atoms with Gasteiger partial charge in [0, 0.05) is 25.0 Å². The molecule has 0 saturated heterocycles. The molecule has 1 aromatic heterocycles. The third kappa shape index (κ3) is 4.43. The molecule has 0 spiro atoms. The Morgan fingerprint density at radius 3 is 2.68 bits per heavy atom. The van der Waals surface area contributed by atoms with Crippen LogP contribution in [0.5, 0.6) is 11.5 Å². The fourth-order valence-corrected chi connectivity index (χ4v) is 2.05. The largest absolute Gasteiger partial charge is 0.490 e. The molecule has 0 aliphatic heterocycles. The van der Waals surface area contributed by atoms with Gasteiger partial charge in [0.2, 0.25) is 0 Å². The highest BCUT2D eigenvalue weighted by atomic mass is 19.3. The highest BCUT2D eigenvalue weighted by Gasteiger charge is 2.21. The summed E-state index contributed by atoms with van der Waals surface area (Å²) in [6.45, 7) is -1.17. The Morgan fingerprint density at radius 2 is 2.08 bits per heavy atom. The summed E-state index contributed by atoms with van der Waals surface area (Å²) in [7, 11) is 1.48. The van der Waals surface area contributed by atoms with Gasteiger partial charge in [-0.15, -0.1) is 0 Å². The Bertz CT molecular complexity index is 791. The number of halogens is 2. The second-order valence-corrected chi connectivity index (χ2v) is 4.80. The molecule has 0 fully saturated rings. The van der Waals surface area contributed by atoms with Gasteiger partial charge in [0.1, 0.15) is 5.56 Å². The maximum atomic E-state index is 12.4. The van der Waals surface area contributed by atoms with Gasteiger partial charge >= 0.3 is 12.6 Å². The fraction of sp³-hybridized carbons (Fsp3) is 0.267. The minimum absolute atomic E-state index is 0.0140. The van der Waals surface area contributed by atoms with E-state index in [1.54, 1.807) is 6.92 Å². The first-order chi connectivity index (χ1) is 11.8. The van der Waals surface area contributed by atoms with Gasteiger partial charge in [-0.25, -0.2) is 4.79 Å². The molecular formula is C15H15F2N3O5. The summed E-state index contributed by atoms with van der Waals surface area (Å²) in [5.74, 6) is -2.23. The third-order valence-electron chi connectivity index (χ3n) is 2.99. The van der Waals surface area contributed by atoms with Crippen LogP contribution in [0.3, 0.4) is 0 Å². The van der Waals surface area contributed by atoms with E-state index in [0.717, 1.165) is 0 Å². The maximum absolute atomic E-state index is 12.4. The summed E-state index contributed by atoms with van der Waals surface area (Å²) in [6.07, 6.45) is 1.20. The average molecular weight is 355 g/mol. The van der Waals surface area contributed by atoms with Crippen LogP contribution in [0, 0.1) is 0 Å². The standard InChI is InChI=1S/C15H15F2N3O5/c1-3-24-11-6-8(4-5-10(11)25-15(16)17)18-13(21)12-9(14(22)23)7-20(2)19-12/h4-7,15H,3H2,1-2H3,(H,18,21)(H,22,23). The minimum Gasteiger partial charge on any atom is -0.490 e. The Morgan fingerprint density at radius 1 is 1.36 bits per heavy atom. The molecule has 0 saturated carbocycles. The number of alkyl halides is 2. The van der Waals surface area contributed by atoms with E-state index in [-0.39, 0.29) is 35.1 Å². The number of aryl methyl sites for hydroxylation is 1. The first-order valence-electron chi connectivity index (χ1n) is 7.11. The number of amides is 1. The smallest absolute Gasteiger partial charge is 0.387 e. The van der Waals surface area contributed by atoms with Crippen molar-refractivity contribution in [1.82, 2.24) is 9.78 Å². The van der Waals surface area contributed by atoms with Crippen LogP contribution in [0.15, 0.2) is 24.4 Å². The van der Waals surface area contributed by atoms with Crippen molar-refractivity contribution in [3.63, 3.8) is 0 Å². The van der Waals surface area contributed by atoms with Gasteiger partial charge in [-0.1, -0.05) is 0 Å². The van der Waals surface area contributed by atoms with Crippen molar-refractivity contribution in [1.29, 1.82) is 0 Å². The monoisotopic (exact) mass is 355 g/mol. The Labute approximate surface area is 141 Å². The number of nitrogens with zero attached hydrogens (tertiary/aromatic N) is 2. The molecule has 1 amide bonds. The average Bonchev–Trinajstić information content (AvgIpc) is 2.92. The maximum Gasteiger partial charge on any atom is 0.387 e. The van der Waals surface area contributed by atoms with Crippen molar-refractivity contribution >= 4 is 17.6 Å². The van der Waals surface area contributed by atoms with Crippen LogP contribution in [-0.4, -0.2) is 40.0 Å². The number of carbonyl (C=O) groups excluding carboxylic acids is 1. The number of nitrogens with one attached hydrogen (secondary N) is 1. The molecular weight excluding hydrogens is 340 g/mol. The van der Waals surface area contributed by atoms with Crippen LogP contribution in [0.2, 0.25) is 0 Å². The molecule has 2 rings (SSSR count). The number of hydrogen-bond donors (Lipinski definition) is 2. The summed E-state index contributed by atoms with van der Waals surface area (Å²) >= 11 is 0. The van der Waals surface area contributed by atoms with E-state index in [2.05, 4.69) is 15.2 Å². The van der Waals surface area contributed by atoms with Crippen molar-refractivity contribution in [2.75, 3.05) is 11.9 Å². The molecule has 0 radical (unpaired) electrons. The van der Waals surface area contributed by atoms with E-state index in [9.17, 15) is 18.4 Å². The van der Waals surface area contributed by atoms with Crippen LogP contribution >= 0.6 is 0 Å². The van der Waals surface area contributed by atoms with Crippen LogP contribution < -0.4 is 14.8 Å². The second-order valence-electron chi connectivity index (χ2n) is 4.80. The summed E-state index contributed by atoms with van der Waals surface area (Å²) < 4.78 is 35.5. The van der Waals surface area contributed by atoms with Crippen molar-refractivity contribution in [3.05, 3.63) is 35.7 Å². The predicted octanol–water partition coefficient (Wildman–Crippen LogP) is 2.37. The number of anilines is 1. The van der Waals surface area contributed by atoms with E-state index in [1.807, 2.05) is 0 Å². The summed E-state index contributed by atoms with van der Waals surface area (Å²) in [4.78, 5) is 23.4. The van der Waals surface area contributed by atoms with E-state index in [4.69, 9.17) is 9.84 Å². The molecule has 0 bridgehead atoms. The van der Waals surface area contributed by atoms with Gasteiger partial charge in [-0.3, -0.25) is 9.48 Å². The van der Waals surface area contributed by atoms with Gasteiger partial charge in [0.05, 0.1) is 6.61 Å². The van der Waals surface area contributed by atoms with Crippen molar-refractivity contribution < 1.29 is 33.0 Å². The molecule has 8 nitrogen and oxygen atoms in total. The van der Waals surface area contributed by atoms with Gasteiger partial charge in [-0.05, 0) is 19.1 Å². The van der Waals surface area contributed by atoms with Crippen LogP contribution in [0.1, 0.15) is 27.8 Å². The lowest BCUT2D eigenvalue weighted by Crippen LogP contribution is -2.16. The summed E-state index contributed by atoms with van der Waals surface area (Å²) in [5.41, 5.74) is -0.333. The van der Waals surface area contributed by atoms with Crippen molar-refractivity contribution in [2.24, 2.45) is 7.05 Å². The third-order valence-corrected chi connectivity index (χ3v) is 2.99. The zero-order chi connectivity index (χ0) is 18.6. The lowest BCUT2D eigenvalue weighted by atomic mass is 10.2. The van der Waals surface area contributed by atoms with E-state index in [0.29, 0.717) is 0 Å². The zero-order valence-corrected chi connectivity index (χ0v) is 13.3. The number of ether oxygens (including phenoxy) is 2. The SMILES string of the molecule is CCOc1cc(NC(=O)c2nn(C)cc2C(=O)O)ccc1OC(F)F. The minimum atomic E-state index is -3.02. The number of benzene rings is 1. The fourth-order valence-electron chi connectivity index (χ4n) is 2.05. The summed E-state index contributed by atoms with van der Waals surface area (Å²) in [5, 5.41) is 15.3. The van der Waals surface area contributed by atoms with E-state index < -0.39 is 18.5 Å². The Kier molecular flexibility index (Phi) is 5.52. The normalized spacial score (nSPS) is 10.6. The number of rotatable bonds is 7. The Balaban J connectivity index is 2.26. The molecule has 1 aromatic carbocycles. The molecule has 0 aliphatic rings. The van der Waals surface area contributed by atoms with E-state index >= 15 is 0 Å². The molecule has 1 heterocycles. The first kappa shape index (κ1) is 18.2. The number of aromatic carboxylic acids is 1. The molecule has 25 heavy (non-hydrogen) atoms. The van der Waals surface area contributed by atoms with Crippen molar-refractivity contribution in [3.8, 4) is 11.5 Å². The van der Waals surface area contributed by atoms with Crippen LogP contribution in [-0.2, 0) is 7.05 Å². The Hall–Kier alpha value is -3.17. The van der Waals surface area contributed by atoms with E-state index in [1.165, 1.54) is 36.1 Å².